The lowest BCUT2D eigenvalue weighted by Crippen LogP contribution is -1.99. The molecule has 0 aliphatic carbocycles. The molecule has 158 valence electrons. The fraction of sp³-hybridized carbons (Fsp3) is 0.111. The number of rotatable bonds is 5. The molecule has 2 rings (SSSR count). The molecule has 0 radical (unpaired) electrons. The van der Waals surface area contributed by atoms with E-state index < -0.39 is 23.9 Å². The van der Waals surface area contributed by atoms with Gasteiger partial charge in [0.05, 0.1) is 35.5 Å². The molecule has 2 aromatic rings. The van der Waals surface area contributed by atoms with E-state index in [1.165, 1.54) is 48.5 Å². The minimum absolute atomic E-state index is 0. The summed E-state index contributed by atoms with van der Waals surface area (Å²) in [6, 6.07) is 10.0. The molecular formula is C18H22O10Si. The van der Waals surface area contributed by atoms with Gasteiger partial charge in [-0.25, -0.2) is 19.2 Å². The second kappa shape index (κ2) is 14.5. The van der Waals surface area contributed by atoms with Crippen molar-refractivity contribution in [2.24, 2.45) is 0 Å². The van der Waals surface area contributed by atoms with Crippen LogP contribution < -0.4 is 0 Å². The molecule has 0 saturated heterocycles. The number of aromatic carboxylic acids is 4. The first-order valence-corrected chi connectivity index (χ1v) is 7.49. The maximum absolute atomic E-state index is 10.3. The molecule has 0 aromatic heterocycles. The Morgan fingerprint density at radius 2 is 0.621 bits per heavy atom. The predicted molar refractivity (Wildman–Crippen MR) is 106 cm³/mol. The summed E-state index contributed by atoms with van der Waals surface area (Å²) in [7, 11) is 0. The monoisotopic (exact) mass is 426 g/mol. The maximum Gasteiger partial charge on any atom is 0.335 e. The third kappa shape index (κ3) is 11.0. The van der Waals surface area contributed by atoms with E-state index in [4.69, 9.17) is 30.6 Å². The van der Waals surface area contributed by atoms with Gasteiger partial charge in [0, 0.05) is 0 Å². The molecule has 6 N–H and O–H groups in total. The van der Waals surface area contributed by atoms with Gasteiger partial charge in [-0.1, -0.05) is 0 Å². The van der Waals surface area contributed by atoms with Gasteiger partial charge in [0.2, 0.25) is 0 Å². The second-order valence-electron chi connectivity index (χ2n) is 4.82. The van der Waals surface area contributed by atoms with Crippen molar-refractivity contribution in [3.05, 3.63) is 70.8 Å². The molecule has 0 unspecified atom stereocenters. The highest BCUT2D eigenvalue weighted by atomic mass is 28.1. The Morgan fingerprint density at radius 1 is 0.483 bits per heavy atom. The zero-order chi connectivity index (χ0) is 21.7. The van der Waals surface area contributed by atoms with Crippen molar-refractivity contribution >= 4 is 34.8 Å². The van der Waals surface area contributed by atoms with Crippen LogP contribution in [0.25, 0.3) is 0 Å². The van der Waals surface area contributed by atoms with Crippen molar-refractivity contribution in [2.45, 2.75) is 0 Å². The Morgan fingerprint density at radius 3 is 0.690 bits per heavy atom. The Balaban J connectivity index is 0. The van der Waals surface area contributed by atoms with E-state index in [1.54, 1.807) is 0 Å². The summed E-state index contributed by atoms with van der Waals surface area (Å²) in [5.74, 6) is -4.25. The van der Waals surface area contributed by atoms with E-state index in [2.05, 4.69) is 0 Å². The van der Waals surface area contributed by atoms with Crippen LogP contribution in [0.5, 0.6) is 0 Å². The number of hydrogen-bond donors (Lipinski definition) is 6. The molecule has 0 aliphatic heterocycles. The number of carbonyl (C=O) groups is 4. The number of aliphatic hydroxyl groups is 2. The van der Waals surface area contributed by atoms with Gasteiger partial charge in [0.1, 0.15) is 0 Å². The molecule has 0 aliphatic rings. The summed E-state index contributed by atoms with van der Waals surface area (Å²) >= 11 is 0. The highest BCUT2D eigenvalue weighted by Crippen LogP contribution is 2.04. The average molecular weight is 426 g/mol. The van der Waals surface area contributed by atoms with E-state index in [0.717, 1.165) is 0 Å². The molecule has 0 heterocycles. The zero-order valence-corrected chi connectivity index (χ0v) is 14.3. The predicted octanol–water partition coefficient (Wildman–Crippen LogP) is -0.315. The van der Waals surface area contributed by atoms with Crippen LogP contribution in [0.4, 0.5) is 0 Å². The van der Waals surface area contributed by atoms with Gasteiger partial charge in [-0.2, -0.15) is 0 Å². The van der Waals surface area contributed by atoms with Gasteiger partial charge < -0.3 is 30.6 Å². The molecule has 0 amide bonds. The lowest BCUT2D eigenvalue weighted by Gasteiger charge is -1.94. The third-order valence-electron chi connectivity index (χ3n) is 2.86. The van der Waals surface area contributed by atoms with Gasteiger partial charge in [0.15, 0.2) is 0 Å². The van der Waals surface area contributed by atoms with Gasteiger partial charge in [0.25, 0.3) is 0 Å². The lowest BCUT2D eigenvalue weighted by molar-refractivity contribution is 0.0681. The molecule has 10 nitrogen and oxygen atoms in total. The SMILES string of the molecule is O=C(O)c1ccc(C(=O)O)cc1.O=C(O)c1ccc(C(=O)O)cc1.OCCO.[SiH4]. The van der Waals surface area contributed by atoms with Crippen LogP contribution in [0.1, 0.15) is 41.4 Å². The molecule has 0 saturated carbocycles. The standard InChI is InChI=1S/2C8H6O4.C2H6O2.H4Si/c2*9-7(10)5-1-2-6(4-3-5)8(11)12;3-1-2-4;/h2*1-4H,(H,9,10)(H,11,12);3-4H,1-2H2;1H4. The Kier molecular flexibility index (Phi) is 13.8. The summed E-state index contributed by atoms with van der Waals surface area (Å²) in [4.78, 5) is 41.3. The molecule has 0 bridgehead atoms. The van der Waals surface area contributed by atoms with Crippen molar-refractivity contribution in [1.29, 1.82) is 0 Å². The number of carboxylic acid groups (broad SMARTS) is 4. The van der Waals surface area contributed by atoms with Crippen molar-refractivity contribution in [3.8, 4) is 0 Å². The van der Waals surface area contributed by atoms with Gasteiger partial charge in [-0.3, -0.25) is 0 Å². The number of aliphatic hydroxyl groups excluding tert-OH is 2. The number of hydrogen-bond acceptors (Lipinski definition) is 6. The smallest absolute Gasteiger partial charge is 0.335 e. The van der Waals surface area contributed by atoms with E-state index in [1.807, 2.05) is 0 Å². The normalized spacial score (nSPS) is 8.76. The molecule has 29 heavy (non-hydrogen) atoms. The van der Waals surface area contributed by atoms with Crippen LogP contribution in [-0.4, -0.2) is 78.7 Å². The highest BCUT2D eigenvalue weighted by Gasteiger charge is 2.05. The lowest BCUT2D eigenvalue weighted by atomic mass is 10.1. The van der Waals surface area contributed by atoms with E-state index >= 15 is 0 Å². The molecule has 0 spiro atoms. The molecular weight excluding hydrogens is 404 g/mol. The summed E-state index contributed by atoms with van der Waals surface area (Å²) in [6.45, 7) is -0.250. The topological polar surface area (TPSA) is 190 Å². The quantitative estimate of drug-likeness (QED) is 0.346. The first-order valence-electron chi connectivity index (χ1n) is 7.49. The van der Waals surface area contributed by atoms with Gasteiger partial charge in [-0.05, 0) is 59.5 Å². The molecule has 0 fully saturated rings. The first kappa shape index (κ1) is 27.7. The molecule has 0 atom stereocenters. The van der Waals surface area contributed by atoms with Gasteiger partial charge in [-0.15, -0.1) is 0 Å². The second-order valence-corrected chi connectivity index (χ2v) is 4.82. The summed E-state index contributed by atoms with van der Waals surface area (Å²) in [5, 5.41) is 49.1. The number of benzene rings is 2. The van der Waals surface area contributed by atoms with Crippen LogP contribution >= 0.6 is 0 Å². The van der Waals surface area contributed by atoms with Crippen molar-refractivity contribution in [1.82, 2.24) is 0 Å². The van der Waals surface area contributed by atoms with Crippen LogP contribution in [0.3, 0.4) is 0 Å². The van der Waals surface area contributed by atoms with E-state index in [0.29, 0.717) is 0 Å². The van der Waals surface area contributed by atoms with Crippen molar-refractivity contribution in [2.75, 3.05) is 13.2 Å². The van der Waals surface area contributed by atoms with Crippen molar-refractivity contribution in [3.63, 3.8) is 0 Å². The summed E-state index contributed by atoms with van der Waals surface area (Å²) in [5.41, 5.74) is 0.333. The van der Waals surface area contributed by atoms with Crippen LogP contribution in [-0.2, 0) is 0 Å². The van der Waals surface area contributed by atoms with Crippen LogP contribution in [0, 0.1) is 0 Å². The van der Waals surface area contributed by atoms with E-state index in [9.17, 15) is 19.2 Å². The Bertz CT molecular complexity index is 665. The molecule has 11 heteroatoms. The third-order valence-corrected chi connectivity index (χ3v) is 2.86. The number of carboxylic acids is 4. The Hall–Kier alpha value is -3.54. The first-order chi connectivity index (χ1) is 13.1. The fourth-order valence-corrected chi connectivity index (χ4v) is 1.51. The molecule has 2 aromatic carbocycles. The van der Waals surface area contributed by atoms with Crippen LogP contribution in [0.2, 0.25) is 0 Å². The van der Waals surface area contributed by atoms with Crippen LogP contribution in [0.15, 0.2) is 48.5 Å². The maximum atomic E-state index is 10.3. The minimum atomic E-state index is -1.06. The highest BCUT2D eigenvalue weighted by molar-refractivity contribution is 5.92. The van der Waals surface area contributed by atoms with Gasteiger partial charge >= 0.3 is 23.9 Å². The van der Waals surface area contributed by atoms with Crippen molar-refractivity contribution < 1.29 is 49.8 Å². The fourth-order valence-electron chi connectivity index (χ4n) is 1.51. The average Bonchev–Trinajstić information content (AvgIpc) is 2.68. The minimum Gasteiger partial charge on any atom is -0.478 e. The Labute approximate surface area is 169 Å². The van der Waals surface area contributed by atoms with E-state index in [-0.39, 0.29) is 46.4 Å². The summed E-state index contributed by atoms with van der Waals surface area (Å²) < 4.78 is 0. The zero-order valence-electron chi connectivity index (χ0n) is 14.3. The largest absolute Gasteiger partial charge is 0.478 e. The summed E-state index contributed by atoms with van der Waals surface area (Å²) in [6.07, 6.45) is 0.